The number of morpholine rings is 1. The van der Waals surface area contributed by atoms with Crippen LogP contribution in [0.4, 0.5) is 0 Å². The van der Waals surface area contributed by atoms with Gasteiger partial charge in [-0.3, -0.25) is 4.79 Å². The van der Waals surface area contributed by atoms with Gasteiger partial charge in [0.15, 0.2) is 6.10 Å². The number of benzene rings is 2. The summed E-state index contributed by atoms with van der Waals surface area (Å²) < 4.78 is 43.5. The molecule has 9 heteroatoms. The van der Waals surface area contributed by atoms with E-state index in [1.807, 2.05) is 20.8 Å². The molecule has 0 amide bonds. The Kier molecular flexibility index (Phi) is 7.88. The summed E-state index contributed by atoms with van der Waals surface area (Å²) in [5.74, 6) is -0.407. The second kappa shape index (κ2) is 10.5. The summed E-state index contributed by atoms with van der Waals surface area (Å²) in [6.45, 7) is 8.07. The fourth-order valence-electron chi connectivity index (χ4n) is 3.64. The lowest BCUT2D eigenvalue weighted by Gasteiger charge is -2.34. The zero-order chi connectivity index (χ0) is 24.2. The van der Waals surface area contributed by atoms with E-state index in [9.17, 15) is 18.0 Å². The van der Waals surface area contributed by atoms with E-state index in [1.165, 1.54) is 35.5 Å². The summed E-state index contributed by atoms with van der Waals surface area (Å²) in [6, 6.07) is 12.1. The van der Waals surface area contributed by atoms with Crippen molar-refractivity contribution in [3.63, 3.8) is 0 Å². The molecule has 2 aromatic carbocycles. The molecule has 0 bridgehead atoms. The molecule has 0 spiro atoms. The quantitative estimate of drug-likeness (QED) is 0.427. The number of hydrogen-bond acceptors (Lipinski definition) is 7. The molecular formula is C24H29NO7S. The number of nitrogens with zero attached hydrogens (tertiary/aromatic N) is 1. The second-order valence-electron chi connectivity index (χ2n) is 7.97. The molecular weight excluding hydrogens is 446 g/mol. The van der Waals surface area contributed by atoms with Crippen molar-refractivity contribution in [2.45, 2.75) is 50.9 Å². The van der Waals surface area contributed by atoms with E-state index in [-0.39, 0.29) is 41.5 Å². The van der Waals surface area contributed by atoms with Crippen LogP contribution >= 0.6 is 0 Å². The summed E-state index contributed by atoms with van der Waals surface area (Å²) in [6.07, 6.45) is -1.41. The predicted octanol–water partition coefficient (Wildman–Crippen LogP) is 3.31. The van der Waals surface area contributed by atoms with Gasteiger partial charge in [-0.15, -0.1) is 0 Å². The number of carbonyl (C=O) groups excluding carboxylic acids is 2. The number of esters is 1. The van der Waals surface area contributed by atoms with Crippen LogP contribution in [0.1, 0.15) is 48.4 Å². The molecule has 1 saturated heterocycles. The summed E-state index contributed by atoms with van der Waals surface area (Å²) in [5, 5.41) is 0. The largest absolute Gasteiger partial charge is 0.494 e. The first-order chi connectivity index (χ1) is 15.6. The molecule has 3 rings (SSSR count). The van der Waals surface area contributed by atoms with Crippen LogP contribution in [0.3, 0.4) is 0 Å². The first-order valence-electron chi connectivity index (χ1n) is 10.9. The molecule has 33 heavy (non-hydrogen) atoms. The van der Waals surface area contributed by atoms with Gasteiger partial charge in [0.25, 0.3) is 0 Å². The molecule has 0 N–H and O–H groups in total. The molecule has 0 unspecified atom stereocenters. The normalized spacial score (nSPS) is 20.1. The van der Waals surface area contributed by atoms with Crippen molar-refractivity contribution in [1.29, 1.82) is 0 Å². The van der Waals surface area contributed by atoms with Crippen LogP contribution < -0.4 is 4.74 Å². The average Bonchev–Trinajstić information content (AvgIpc) is 2.78. The average molecular weight is 476 g/mol. The lowest BCUT2D eigenvalue weighted by Crippen LogP contribution is -2.48. The van der Waals surface area contributed by atoms with E-state index in [2.05, 4.69) is 0 Å². The highest BCUT2D eigenvalue weighted by atomic mass is 32.2. The van der Waals surface area contributed by atoms with Crippen LogP contribution in [0, 0.1) is 0 Å². The number of Topliss-reactive ketones (excluding diaryl/α,β-unsaturated/α-hetero) is 1. The molecule has 0 aromatic heterocycles. The van der Waals surface area contributed by atoms with Crippen LogP contribution in [-0.2, 0) is 19.5 Å². The maximum atomic E-state index is 12.9. The molecule has 2 aromatic rings. The number of sulfonamides is 1. The third kappa shape index (κ3) is 5.98. The van der Waals surface area contributed by atoms with Crippen molar-refractivity contribution >= 4 is 21.8 Å². The maximum absolute atomic E-state index is 12.9. The lowest BCUT2D eigenvalue weighted by atomic mass is 10.1. The van der Waals surface area contributed by atoms with Gasteiger partial charge in [-0.05, 0) is 76.2 Å². The van der Waals surface area contributed by atoms with Crippen LogP contribution in [0.25, 0.3) is 0 Å². The molecule has 1 aliphatic heterocycles. The number of ketones is 1. The van der Waals surface area contributed by atoms with E-state index in [0.717, 1.165) is 0 Å². The van der Waals surface area contributed by atoms with Crippen LogP contribution in [-0.4, -0.2) is 62.5 Å². The van der Waals surface area contributed by atoms with E-state index >= 15 is 0 Å². The Morgan fingerprint density at radius 2 is 1.55 bits per heavy atom. The molecule has 1 fully saturated rings. The molecule has 1 aliphatic rings. The Labute approximate surface area is 194 Å². The fraction of sp³-hybridized carbons (Fsp3) is 0.417. The zero-order valence-electron chi connectivity index (χ0n) is 19.2. The number of ether oxygens (including phenoxy) is 3. The van der Waals surface area contributed by atoms with Gasteiger partial charge in [-0.25, -0.2) is 13.2 Å². The van der Waals surface area contributed by atoms with Gasteiger partial charge in [0.1, 0.15) is 5.75 Å². The van der Waals surface area contributed by atoms with E-state index in [4.69, 9.17) is 14.2 Å². The van der Waals surface area contributed by atoms with Crippen molar-refractivity contribution in [3.8, 4) is 5.75 Å². The van der Waals surface area contributed by atoms with Crippen molar-refractivity contribution in [1.82, 2.24) is 4.31 Å². The van der Waals surface area contributed by atoms with Crippen LogP contribution in [0.2, 0.25) is 0 Å². The van der Waals surface area contributed by atoms with E-state index in [1.54, 1.807) is 24.3 Å². The standard InChI is InChI=1S/C24H29NO7S/c1-5-30-21-10-6-19(7-11-21)23(26)18(4)32-24(27)20-8-12-22(13-9-20)33(28,29)25-14-16(2)31-17(3)15-25/h6-13,16-18H,5,14-15H2,1-4H3/t16-,17-,18-/m0/s1. The third-order valence-corrected chi connectivity index (χ3v) is 7.06. The van der Waals surface area contributed by atoms with Gasteiger partial charge in [-0.2, -0.15) is 4.31 Å². The Morgan fingerprint density at radius 3 is 2.09 bits per heavy atom. The summed E-state index contributed by atoms with van der Waals surface area (Å²) in [7, 11) is -3.71. The van der Waals surface area contributed by atoms with Gasteiger partial charge in [-0.1, -0.05) is 0 Å². The summed E-state index contributed by atoms with van der Waals surface area (Å²) in [4.78, 5) is 25.2. The molecule has 0 aliphatic carbocycles. The summed E-state index contributed by atoms with van der Waals surface area (Å²) in [5.41, 5.74) is 0.554. The SMILES string of the molecule is CCOc1ccc(C(=O)[C@H](C)OC(=O)c2ccc(S(=O)(=O)N3C[C@H](C)O[C@@H](C)C3)cc2)cc1. The first-order valence-corrected chi connectivity index (χ1v) is 12.3. The van der Waals surface area contributed by atoms with Gasteiger partial charge in [0.05, 0.1) is 29.3 Å². The van der Waals surface area contributed by atoms with E-state index < -0.39 is 22.1 Å². The van der Waals surface area contributed by atoms with Gasteiger partial charge in [0, 0.05) is 18.7 Å². The Hall–Kier alpha value is -2.75. The first kappa shape index (κ1) is 24.9. The smallest absolute Gasteiger partial charge is 0.338 e. The molecule has 3 atom stereocenters. The highest BCUT2D eigenvalue weighted by Crippen LogP contribution is 2.22. The minimum Gasteiger partial charge on any atom is -0.494 e. The molecule has 0 saturated carbocycles. The maximum Gasteiger partial charge on any atom is 0.338 e. The fourth-order valence-corrected chi connectivity index (χ4v) is 5.23. The topological polar surface area (TPSA) is 99.2 Å². The number of rotatable bonds is 8. The Morgan fingerprint density at radius 1 is 1.00 bits per heavy atom. The van der Waals surface area contributed by atoms with Gasteiger partial charge >= 0.3 is 5.97 Å². The van der Waals surface area contributed by atoms with Crippen LogP contribution in [0.5, 0.6) is 5.75 Å². The number of hydrogen-bond donors (Lipinski definition) is 0. The molecule has 178 valence electrons. The number of carbonyl (C=O) groups is 2. The minimum atomic E-state index is -3.71. The molecule has 1 heterocycles. The highest BCUT2D eigenvalue weighted by molar-refractivity contribution is 7.89. The van der Waals surface area contributed by atoms with Crippen molar-refractivity contribution in [2.75, 3.05) is 19.7 Å². The van der Waals surface area contributed by atoms with Crippen molar-refractivity contribution in [2.24, 2.45) is 0 Å². The van der Waals surface area contributed by atoms with Gasteiger partial charge in [0.2, 0.25) is 15.8 Å². The molecule has 0 radical (unpaired) electrons. The second-order valence-corrected chi connectivity index (χ2v) is 9.91. The summed E-state index contributed by atoms with van der Waals surface area (Å²) >= 11 is 0. The lowest BCUT2D eigenvalue weighted by molar-refractivity contribution is -0.0440. The van der Waals surface area contributed by atoms with E-state index in [0.29, 0.717) is 17.9 Å². The highest BCUT2D eigenvalue weighted by Gasteiger charge is 2.32. The minimum absolute atomic E-state index is 0.0823. The van der Waals surface area contributed by atoms with Crippen molar-refractivity contribution in [3.05, 3.63) is 59.7 Å². The zero-order valence-corrected chi connectivity index (χ0v) is 20.0. The Bertz CT molecular complexity index is 1070. The third-order valence-electron chi connectivity index (χ3n) is 5.22. The van der Waals surface area contributed by atoms with Crippen molar-refractivity contribution < 1.29 is 32.2 Å². The van der Waals surface area contributed by atoms with Crippen LogP contribution in [0.15, 0.2) is 53.4 Å². The molecule has 8 nitrogen and oxygen atoms in total. The Balaban J connectivity index is 1.65. The monoisotopic (exact) mass is 475 g/mol. The van der Waals surface area contributed by atoms with Gasteiger partial charge < -0.3 is 14.2 Å². The predicted molar refractivity (Wildman–Crippen MR) is 122 cm³/mol.